The summed E-state index contributed by atoms with van der Waals surface area (Å²) in [5, 5.41) is 6.83. The van der Waals surface area contributed by atoms with E-state index < -0.39 is 0 Å². The van der Waals surface area contributed by atoms with Crippen LogP contribution in [0.5, 0.6) is 5.75 Å². The number of aliphatic imine (C=N–C) groups is 1. The van der Waals surface area contributed by atoms with Crippen molar-refractivity contribution in [2.24, 2.45) is 10.9 Å². The molecule has 0 saturated carbocycles. The van der Waals surface area contributed by atoms with E-state index in [1.54, 1.807) is 14.2 Å². The number of likely N-dealkylation sites (N-methyl/N-ethyl adjacent to an activating group) is 1. The Hall–Kier alpha value is -1.02. The number of ether oxygens (including phenoxy) is 1. The third-order valence-corrected chi connectivity index (χ3v) is 4.60. The summed E-state index contributed by atoms with van der Waals surface area (Å²) < 4.78 is 5.39. The lowest BCUT2D eigenvalue weighted by atomic mass is 9.93. The van der Waals surface area contributed by atoms with Crippen molar-refractivity contribution in [1.82, 2.24) is 15.5 Å². The van der Waals surface area contributed by atoms with Gasteiger partial charge in [0.05, 0.1) is 7.11 Å². The summed E-state index contributed by atoms with van der Waals surface area (Å²) in [5.74, 6) is 2.39. The molecule has 2 N–H and O–H groups in total. The van der Waals surface area contributed by atoms with Crippen molar-refractivity contribution in [3.63, 3.8) is 0 Å². The lowest BCUT2D eigenvalue weighted by Crippen LogP contribution is -2.47. The molecule has 0 aliphatic rings. The van der Waals surface area contributed by atoms with Crippen LogP contribution in [0.4, 0.5) is 0 Å². The minimum atomic E-state index is 0. The second-order valence-corrected chi connectivity index (χ2v) is 6.23. The number of benzene rings is 1. The van der Waals surface area contributed by atoms with E-state index in [9.17, 15) is 0 Å². The summed E-state index contributed by atoms with van der Waals surface area (Å²) >= 11 is 0. The first-order valence-corrected chi connectivity index (χ1v) is 8.80. The predicted molar refractivity (Wildman–Crippen MR) is 118 cm³/mol. The number of halogens is 1. The highest BCUT2D eigenvalue weighted by molar-refractivity contribution is 14.0. The van der Waals surface area contributed by atoms with E-state index >= 15 is 0 Å². The second-order valence-electron chi connectivity index (χ2n) is 6.23. The monoisotopic (exact) mass is 462 g/mol. The maximum absolute atomic E-state index is 5.39. The molecule has 0 aliphatic heterocycles. The summed E-state index contributed by atoms with van der Waals surface area (Å²) in [6.07, 6.45) is 2.38. The molecule has 0 aromatic heterocycles. The third-order valence-electron chi connectivity index (χ3n) is 4.60. The van der Waals surface area contributed by atoms with Gasteiger partial charge in [0.1, 0.15) is 5.75 Å². The Morgan fingerprint density at radius 1 is 1.16 bits per heavy atom. The van der Waals surface area contributed by atoms with Gasteiger partial charge >= 0.3 is 0 Å². The van der Waals surface area contributed by atoms with Crippen molar-refractivity contribution in [1.29, 1.82) is 0 Å². The zero-order valence-electron chi connectivity index (χ0n) is 16.5. The van der Waals surface area contributed by atoms with Crippen molar-refractivity contribution >= 4 is 29.9 Å². The average Bonchev–Trinajstić information content (AvgIpc) is 2.60. The molecular weight excluding hydrogens is 427 g/mol. The molecule has 1 aromatic rings. The normalized spacial score (nSPS) is 12.7. The van der Waals surface area contributed by atoms with Gasteiger partial charge < -0.3 is 20.3 Å². The Balaban J connectivity index is 0.00000576. The lowest BCUT2D eigenvalue weighted by Gasteiger charge is -2.32. The number of nitrogens with one attached hydrogen (secondary N) is 2. The summed E-state index contributed by atoms with van der Waals surface area (Å²) in [4.78, 5) is 6.64. The van der Waals surface area contributed by atoms with Gasteiger partial charge in [-0.3, -0.25) is 4.99 Å². The van der Waals surface area contributed by atoms with Gasteiger partial charge in [-0.15, -0.1) is 24.0 Å². The number of rotatable bonds is 9. The van der Waals surface area contributed by atoms with Gasteiger partial charge in [0.15, 0.2) is 5.96 Å². The Bertz CT molecular complexity index is 504. The van der Waals surface area contributed by atoms with Crippen LogP contribution in [0, 0.1) is 5.92 Å². The van der Waals surface area contributed by atoms with Gasteiger partial charge in [-0.05, 0) is 26.1 Å². The van der Waals surface area contributed by atoms with E-state index in [2.05, 4.69) is 54.5 Å². The van der Waals surface area contributed by atoms with E-state index in [1.807, 2.05) is 18.2 Å². The van der Waals surface area contributed by atoms with Crippen molar-refractivity contribution in [2.45, 2.75) is 39.3 Å². The van der Waals surface area contributed by atoms with Crippen LogP contribution in [0.25, 0.3) is 0 Å². The van der Waals surface area contributed by atoms with Crippen LogP contribution in [0.2, 0.25) is 0 Å². The van der Waals surface area contributed by atoms with Gasteiger partial charge in [0.25, 0.3) is 0 Å². The maximum atomic E-state index is 5.39. The molecule has 0 saturated heterocycles. The minimum absolute atomic E-state index is 0. The number of guanidine groups is 1. The molecule has 0 radical (unpaired) electrons. The SMILES string of the molecule is CCC(CC)C(CNC(=NC)NCc1ccccc1OC)N(C)C.I. The molecule has 1 rings (SSSR count). The fraction of sp³-hybridized carbons (Fsp3) is 0.632. The second kappa shape index (κ2) is 13.2. The first kappa shape index (κ1) is 24.0. The minimum Gasteiger partial charge on any atom is -0.496 e. The Kier molecular flexibility index (Phi) is 12.7. The number of nitrogens with zero attached hydrogens (tertiary/aromatic N) is 2. The summed E-state index contributed by atoms with van der Waals surface area (Å²) in [6.45, 7) is 6.09. The van der Waals surface area contributed by atoms with Crippen LogP contribution in [0.1, 0.15) is 32.3 Å². The zero-order chi connectivity index (χ0) is 17.9. The van der Waals surface area contributed by atoms with E-state index in [0.29, 0.717) is 18.5 Å². The first-order chi connectivity index (χ1) is 11.6. The predicted octanol–water partition coefficient (Wildman–Crippen LogP) is 3.34. The van der Waals surface area contributed by atoms with Crippen molar-refractivity contribution < 1.29 is 4.74 Å². The maximum Gasteiger partial charge on any atom is 0.191 e. The van der Waals surface area contributed by atoms with Crippen LogP contribution >= 0.6 is 24.0 Å². The molecule has 0 amide bonds. The quantitative estimate of drug-likeness (QED) is 0.336. The molecule has 25 heavy (non-hydrogen) atoms. The van der Waals surface area contributed by atoms with Crippen LogP contribution < -0.4 is 15.4 Å². The van der Waals surface area contributed by atoms with Crippen LogP contribution in [0.15, 0.2) is 29.3 Å². The van der Waals surface area contributed by atoms with E-state index in [0.717, 1.165) is 23.8 Å². The standard InChI is InChI=1S/C19H34N4O.HI/c1-7-15(8-2)17(23(4)5)14-22-19(20-3)21-13-16-11-9-10-12-18(16)24-6;/h9-12,15,17H,7-8,13-14H2,1-6H3,(H2,20,21,22);1H. The molecule has 1 aromatic carbocycles. The molecule has 0 fully saturated rings. The smallest absolute Gasteiger partial charge is 0.191 e. The van der Waals surface area contributed by atoms with Gasteiger partial charge in [0, 0.05) is 31.7 Å². The van der Waals surface area contributed by atoms with Crippen LogP contribution in [-0.4, -0.2) is 51.7 Å². The molecule has 6 heteroatoms. The van der Waals surface area contributed by atoms with Crippen LogP contribution in [0.3, 0.4) is 0 Å². The molecule has 0 heterocycles. The number of hydrogen-bond donors (Lipinski definition) is 2. The Labute approximate surface area is 170 Å². The Morgan fingerprint density at radius 3 is 2.32 bits per heavy atom. The molecule has 0 bridgehead atoms. The topological polar surface area (TPSA) is 48.9 Å². The highest BCUT2D eigenvalue weighted by Crippen LogP contribution is 2.17. The number of hydrogen-bond acceptors (Lipinski definition) is 3. The van der Waals surface area contributed by atoms with Gasteiger partial charge in [-0.25, -0.2) is 0 Å². The number of methoxy groups -OCH3 is 1. The van der Waals surface area contributed by atoms with E-state index in [1.165, 1.54) is 12.8 Å². The van der Waals surface area contributed by atoms with Gasteiger partial charge in [-0.1, -0.05) is 44.9 Å². The molecular formula is C19H35IN4O. The first-order valence-electron chi connectivity index (χ1n) is 8.80. The van der Waals surface area contributed by atoms with E-state index in [-0.39, 0.29) is 24.0 Å². The fourth-order valence-corrected chi connectivity index (χ4v) is 3.05. The Morgan fingerprint density at radius 2 is 1.80 bits per heavy atom. The van der Waals surface area contributed by atoms with Gasteiger partial charge in [-0.2, -0.15) is 0 Å². The van der Waals surface area contributed by atoms with E-state index in [4.69, 9.17) is 4.74 Å². The van der Waals surface area contributed by atoms with Crippen LogP contribution in [-0.2, 0) is 6.54 Å². The summed E-state index contributed by atoms with van der Waals surface area (Å²) in [6, 6.07) is 8.52. The highest BCUT2D eigenvalue weighted by atomic mass is 127. The average molecular weight is 462 g/mol. The third kappa shape index (κ3) is 7.81. The van der Waals surface area contributed by atoms with Crippen molar-refractivity contribution in [2.75, 3.05) is 34.8 Å². The molecule has 144 valence electrons. The molecule has 5 nitrogen and oxygen atoms in total. The van der Waals surface area contributed by atoms with Crippen molar-refractivity contribution in [3.8, 4) is 5.75 Å². The van der Waals surface area contributed by atoms with Gasteiger partial charge in [0.2, 0.25) is 0 Å². The molecule has 1 atom stereocenters. The lowest BCUT2D eigenvalue weighted by molar-refractivity contribution is 0.200. The fourth-order valence-electron chi connectivity index (χ4n) is 3.05. The highest BCUT2D eigenvalue weighted by Gasteiger charge is 2.20. The van der Waals surface area contributed by atoms with Crippen molar-refractivity contribution in [3.05, 3.63) is 29.8 Å². The summed E-state index contributed by atoms with van der Waals surface area (Å²) in [7, 11) is 7.80. The summed E-state index contributed by atoms with van der Waals surface area (Å²) in [5.41, 5.74) is 1.12. The molecule has 0 spiro atoms. The number of para-hydroxylation sites is 1. The molecule has 1 unspecified atom stereocenters. The largest absolute Gasteiger partial charge is 0.496 e. The molecule has 0 aliphatic carbocycles. The zero-order valence-corrected chi connectivity index (χ0v) is 18.8.